The summed E-state index contributed by atoms with van der Waals surface area (Å²) < 4.78 is 11.8. The molecule has 4 heterocycles. The number of nitrogens with two attached hydrogens (primary N) is 1. The smallest absolute Gasteiger partial charge is 0.271 e. The number of aromatic nitrogens is 3. The maximum atomic E-state index is 12.8. The average molecular weight is 408 g/mol. The van der Waals surface area contributed by atoms with Crippen molar-refractivity contribution in [3.63, 3.8) is 0 Å². The Balaban J connectivity index is 1.56. The number of amides is 3. The number of carbonyl (C=O) groups excluding carboxylic acids is 3. The standard InChI is InChI=1S/C19H16N6O5/c20-17(27)16-18-24-12(14-4-2-6-30-14)7-13(25(18)10-23-16)19(28)22-9-15(26)21-8-11-3-1-5-29-11/h1-7,10H,8-9H2,(H2,20,27)(H,21,26)(H,22,28). The third kappa shape index (κ3) is 3.76. The highest BCUT2D eigenvalue weighted by molar-refractivity contribution is 6.00. The first-order valence-electron chi connectivity index (χ1n) is 8.82. The quantitative estimate of drug-likeness (QED) is 0.406. The molecule has 0 aliphatic rings. The van der Waals surface area contributed by atoms with E-state index in [1.165, 1.54) is 29.3 Å². The summed E-state index contributed by atoms with van der Waals surface area (Å²) in [5.74, 6) is -0.785. The number of hydrogen-bond acceptors (Lipinski definition) is 7. The number of primary amides is 1. The van der Waals surface area contributed by atoms with Crippen molar-refractivity contribution in [1.29, 1.82) is 0 Å². The normalized spacial score (nSPS) is 10.8. The molecule has 0 aliphatic carbocycles. The highest BCUT2D eigenvalue weighted by atomic mass is 16.3. The van der Waals surface area contributed by atoms with E-state index in [9.17, 15) is 14.4 Å². The van der Waals surface area contributed by atoms with Gasteiger partial charge in [-0.2, -0.15) is 0 Å². The Hall–Kier alpha value is -4.41. The fourth-order valence-electron chi connectivity index (χ4n) is 2.78. The van der Waals surface area contributed by atoms with Crippen molar-refractivity contribution < 1.29 is 23.2 Å². The third-order valence-electron chi connectivity index (χ3n) is 4.19. The number of hydrogen-bond donors (Lipinski definition) is 3. The number of rotatable bonds is 7. The molecule has 0 aliphatic heterocycles. The van der Waals surface area contributed by atoms with Crippen molar-refractivity contribution in [2.75, 3.05) is 6.54 Å². The molecule has 0 spiro atoms. The summed E-state index contributed by atoms with van der Waals surface area (Å²) >= 11 is 0. The van der Waals surface area contributed by atoms with Gasteiger partial charge in [0, 0.05) is 0 Å². The van der Waals surface area contributed by atoms with Gasteiger partial charge in [-0.15, -0.1) is 0 Å². The molecule has 0 fully saturated rings. The van der Waals surface area contributed by atoms with Crippen LogP contribution in [-0.2, 0) is 11.3 Å². The van der Waals surface area contributed by atoms with Crippen LogP contribution in [0.5, 0.6) is 0 Å². The summed E-state index contributed by atoms with van der Waals surface area (Å²) in [5, 5.41) is 5.15. The van der Waals surface area contributed by atoms with Crippen LogP contribution in [0.25, 0.3) is 17.1 Å². The number of nitrogens with one attached hydrogen (secondary N) is 2. The SMILES string of the molecule is NC(=O)c1ncn2c(C(=O)NCC(=O)NCc3ccco3)cc(-c3ccco3)nc12. The van der Waals surface area contributed by atoms with Crippen molar-refractivity contribution >= 4 is 23.4 Å². The van der Waals surface area contributed by atoms with E-state index in [0.717, 1.165) is 0 Å². The maximum Gasteiger partial charge on any atom is 0.271 e. The number of carbonyl (C=O) groups is 3. The molecule has 11 nitrogen and oxygen atoms in total. The molecule has 152 valence electrons. The molecule has 3 amide bonds. The summed E-state index contributed by atoms with van der Waals surface area (Å²) in [6.45, 7) is -0.0653. The second-order valence-electron chi connectivity index (χ2n) is 6.19. The first kappa shape index (κ1) is 18.9. The molecule has 4 aromatic heterocycles. The van der Waals surface area contributed by atoms with Crippen LogP contribution in [0.3, 0.4) is 0 Å². The zero-order chi connectivity index (χ0) is 21.1. The first-order valence-corrected chi connectivity index (χ1v) is 8.82. The van der Waals surface area contributed by atoms with Gasteiger partial charge in [0.15, 0.2) is 17.1 Å². The Morgan fingerprint density at radius 3 is 2.60 bits per heavy atom. The monoisotopic (exact) mass is 408 g/mol. The lowest BCUT2D eigenvalue weighted by Crippen LogP contribution is -2.37. The van der Waals surface area contributed by atoms with Gasteiger partial charge in [-0.1, -0.05) is 0 Å². The van der Waals surface area contributed by atoms with Crippen molar-refractivity contribution in [3.8, 4) is 11.5 Å². The average Bonchev–Trinajstić information content (AvgIpc) is 3.50. The van der Waals surface area contributed by atoms with Crippen molar-refractivity contribution in [1.82, 2.24) is 25.0 Å². The van der Waals surface area contributed by atoms with Gasteiger partial charge in [0.1, 0.15) is 23.5 Å². The summed E-state index contributed by atoms with van der Waals surface area (Å²) in [6, 6.07) is 8.21. The topological polar surface area (TPSA) is 158 Å². The minimum Gasteiger partial charge on any atom is -0.467 e. The highest BCUT2D eigenvalue weighted by Crippen LogP contribution is 2.21. The van der Waals surface area contributed by atoms with Gasteiger partial charge >= 0.3 is 0 Å². The summed E-state index contributed by atoms with van der Waals surface area (Å²) in [6.07, 6.45) is 4.22. The number of nitrogens with zero attached hydrogens (tertiary/aromatic N) is 3. The second kappa shape index (κ2) is 7.91. The molecule has 0 unspecified atom stereocenters. The zero-order valence-electron chi connectivity index (χ0n) is 15.5. The Bertz CT molecular complexity index is 1210. The molecule has 0 saturated heterocycles. The maximum absolute atomic E-state index is 12.8. The molecule has 0 radical (unpaired) electrons. The number of furan rings is 2. The van der Waals surface area contributed by atoms with Crippen molar-refractivity contribution in [3.05, 3.63) is 66.3 Å². The van der Waals surface area contributed by atoms with E-state index in [-0.39, 0.29) is 30.1 Å². The van der Waals surface area contributed by atoms with Crippen LogP contribution >= 0.6 is 0 Å². The highest BCUT2D eigenvalue weighted by Gasteiger charge is 2.20. The summed E-state index contributed by atoms with van der Waals surface area (Å²) in [5.41, 5.74) is 5.77. The molecule has 0 saturated carbocycles. The van der Waals surface area contributed by atoms with Gasteiger partial charge in [0.2, 0.25) is 5.91 Å². The minimum absolute atomic E-state index is 0.0892. The van der Waals surface area contributed by atoms with E-state index < -0.39 is 17.7 Å². The van der Waals surface area contributed by atoms with E-state index in [1.54, 1.807) is 24.3 Å². The van der Waals surface area contributed by atoms with E-state index in [0.29, 0.717) is 17.2 Å². The van der Waals surface area contributed by atoms with Crippen LogP contribution in [0.15, 0.2) is 58.0 Å². The van der Waals surface area contributed by atoms with E-state index in [2.05, 4.69) is 20.6 Å². The van der Waals surface area contributed by atoms with Gasteiger partial charge in [-0.3, -0.25) is 18.8 Å². The fourth-order valence-corrected chi connectivity index (χ4v) is 2.78. The Morgan fingerprint density at radius 2 is 1.90 bits per heavy atom. The molecular formula is C19H16N6O5. The van der Waals surface area contributed by atoms with Gasteiger partial charge < -0.3 is 25.2 Å². The molecule has 4 rings (SSSR count). The molecule has 4 aromatic rings. The second-order valence-corrected chi connectivity index (χ2v) is 6.19. The van der Waals surface area contributed by atoms with Crippen LogP contribution in [0.4, 0.5) is 0 Å². The molecule has 4 N–H and O–H groups in total. The van der Waals surface area contributed by atoms with Crippen LogP contribution < -0.4 is 16.4 Å². The Morgan fingerprint density at radius 1 is 1.10 bits per heavy atom. The fraction of sp³-hybridized carbons (Fsp3) is 0.105. The minimum atomic E-state index is -0.787. The van der Waals surface area contributed by atoms with Gasteiger partial charge in [0.25, 0.3) is 11.8 Å². The predicted molar refractivity (Wildman–Crippen MR) is 102 cm³/mol. The number of fused-ring (bicyclic) bond motifs is 1. The lowest BCUT2D eigenvalue weighted by molar-refractivity contribution is -0.120. The third-order valence-corrected chi connectivity index (χ3v) is 4.19. The molecule has 0 aromatic carbocycles. The largest absolute Gasteiger partial charge is 0.467 e. The lowest BCUT2D eigenvalue weighted by atomic mass is 10.2. The van der Waals surface area contributed by atoms with Gasteiger partial charge in [0.05, 0.1) is 25.6 Å². The molecule has 30 heavy (non-hydrogen) atoms. The number of imidazole rings is 1. The van der Waals surface area contributed by atoms with Crippen LogP contribution in [0, 0.1) is 0 Å². The predicted octanol–water partition coefficient (Wildman–Crippen LogP) is 0.727. The summed E-state index contributed by atoms with van der Waals surface area (Å²) in [4.78, 5) is 44.7. The lowest BCUT2D eigenvalue weighted by Gasteiger charge is -2.09. The van der Waals surface area contributed by atoms with Crippen molar-refractivity contribution in [2.24, 2.45) is 5.73 Å². The molecule has 0 bridgehead atoms. The van der Waals surface area contributed by atoms with Crippen LogP contribution in [0.2, 0.25) is 0 Å². The molecule has 0 atom stereocenters. The zero-order valence-corrected chi connectivity index (χ0v) is 15.5. The van der Waals surface area contributed by atoms with Crippen LogP contribution in [0.1, 0.15) is 26.7 Å². The first-order chi connectivity index (χ1) is 14.5. The summed E-state index contributed by atoms with van der Waals surface area (Å²) in [7, 11) is 0. The van der Waals surface area contributed by atoms with E-state index in [1.807, 2.05) is 0 Å². The van der Waals surface area contributed by atoms with Gasteiger partial charge in [-0.25, -0.2) is 9.97 Å². The Kier molecular flexibility index (Phi) is 4.99. The molecular weight excluding hydrogens is 392 g/mol. The van der Waals surface area contributed by atoms with Crippen molar-refractivity contribution in [2.45, 2.75) is 6.54 Å². The van der Waals surface area contributed by atoms with E-state index >= 15 is 0 Å². The molecule has 11 heteroatoms. The van der Waals surface area contributed by atoms with E-state index in [4.69, 9.17) is 14.6 Å². The van der Waals surface area contributed by atoms with Gasteiger partial charge in [-0.05, 0) is 30.3 Å². The Labute approximate surface area is 168 Å². The van der Waals surface area contributed by atoms with Crippen LogP contribution in [-0.4, -0.2) is 38.6 Å².